The van der Waals surface area contributed by atoms with Crippen molar-refractivity contribution in [1.82, 2.24) is 4.90 Å². The number of hydrogen-bond donors (Lipinski definition) is 2. The predicted molar refractivity (Wildman–Crippen MR) is 77.9 cm³/mol. The number of nitrogens with zero attached hydrogens (tertiary/aromatic N) is 1. The number of amides is 1. The molecule has 5 nitrogen and oxygen atoms in total. The van der Waals surface area contributed by atoms with Gasteiger partial charge in [-0.15, -0.1) is 0 Å². The first-order valence-corrected chi connectivity index (χ1v) is 7.08. The first-order chi connectivity index (χ1) is 9.77. The molecule has 0 atom stereocenters. The van der Waals surface area contributed by atoms with E-state index in [1.807, 2.05) is 44.2 Å². The Bertz CT molecular complexity index is 530. The van der Waals surface area contributed by atoms with E-state index in [4.69, 9.17) is 5.11 Å². The number of carbonyl (C=O) groups excluding carboxylic acids is 1. The molecule has 0 radical (unpaired) electrons. The molecule has 5 heteroatoms. The van der Waals surface area contributed by atoms with Gasteiger partial charge in [-0.3, -0.25) is 4.79 Å². The fourth-order valence-corrected chi connectivity index (χ4v) is 2.67. The smallest absolute Gasteiger partial charge is 0.335 e. The minimum atomic E-state index is -1.70. The van der Waals surface area contributed by atoms with Crippen LogP contribution < -0.4 is 0 Å². The number of aliphatic carboxylic acids is 1. The zero-order chi connectivity index (χ0) is 15.7. The Balaban J connectivity index is 2.10. The standard InChI is InChI=1S/C16H21NO4/c1-15(2,12-6-4-3-5-7-12)13(18)17-10-8-16(21,9-11-17)14(19)20/h3-7,21H,8-11H2,1-2H3,(H,19,20). The van der Waals surface area contributed by atoms with Crippen molar-refractivity contribution < 1.29 is 19.8 Å². The van der Waals surface area contributed by atoms with E-state index in [-0.39, 0.29) is 31.8 Å². The molecule has 2 rings (SSSR count). The Kier molecular flexibility index (Phi) is 4.05. The third-order valence-electron chi connectivity index (χ3n) is 4.31. The molecule has 0 aliphatic carbocycles. The van der Waals surface area contributed by atoms with Crippen molar-refractivity contribution in [3.8, 4) is 0 Å². The van der Waals surface area contributed by atoms with E-state index in [1.54, 1.807) is 4.90 Å². The van der Waals surface area contributed by atoms with Gasteiger partial charge in [0.05, 0.1) is 5.41 Å². The van der Waals surface area contributed by atoms with Crippen molar-refractivity contribution in [2.24, 2.45) is 0 Å². The van der Waals surface area contributed by atoms with Crippen LogP contribution in [-0.4, -0.2) is 45.7 Å². The Labute approximate surface area is 124 Å². The maximum absolute atomic E-state index is 12.7. The third kappa shape index (κ3) is 2.93. The molecule has 1 aromatic rings. The lowest BCUT2D eigenvalue weighted by molar-refractivity contribution is -0.166. The number of piperidine rings is 1. The van der Waals surface area contributed by atoms with Gasteiger partial charge in [0.1, 0.15) is 0 Å². The predicted octanol–water partition coefficient (Wildman–Crippen LogP) is 1.40. The Hall–Kier alpha value is -1.88. The van der Waals surface area contributed by atoms with Gasteiger partial charge in [0, 0.05) is 25.9 Å². The van der Waals surface area contributed by atoms with E-state index in [0.717, 1.165) is 5.56 Å². The van der Waals surface area contributed by atoms with Crippen molar-refractivity contribution in [3.63, 3.8) is 0 Å². The molecule has 1 aromatic carbocycles. The molecule has 1 aliphatic rings. The molecule has 0 saturated carbocycles. The summed E-state index contributed by atoms with van der Waals surface area (Å²) in [7, 11) is 0. The molecule has 0 unspecified atom stereocenters. The van der Waals surface area contributed by atoms with Crippen LogP contribution in [0.1, 0.15) is 32.3 Å². The zero-order valence-corrected chi connectivity index (χ0v) is 12.4. The highest BCUT2D eigenvalue weighted by Crippen LogP contribution is 2.29. The van der Waals surface area contributed by atoms with Crippen LogP contribution in [0.15, 0.2) is 30.3 Å². The molecule has 114 valence electrons. The monoisotopic (exact) mass is 291 g/mol. The van der Waals surface area contributed by atoms with Crippen LogP contribution in [-0.2, 0) is 15.0 Å². The molecular weight excluding hydrogens is 270 g/mol. The maximum Gasteiger partial charge on any atom is 0.335 e. The SMILES string of the molecule is CC(C)(C(=O)N1CCC(O)(C(=O)O)CC1)c1ccccc1. The summed E-state index contributed by atoms with van der Waals surface area (Å²) in [5.41, 5.74) is -1.44. The summed E-state index contributed by atoms with van der Waals surface area (Å²) < 4.78 is 0. The normalized spacial score (nSPS) is 18.3. The quantitative estimate of drug-likeness (QED) is 0.882. The van der Waals surface area contributed by atoms with Gasteiger partial charge in [-0.2, -0.15) is 0 Å². The first kappa shape index (κ1) is 15.5. The van der Waals surface area contributed by atoms with Crippen LogP contribution in [0.3, 0.4) is 0 Å². The van der Waals surface area contributed by atoms with E-state index < -0.39 is 17.0 Å². The fourth-order valence-electron chi connectivity index (χ4n) is 2.67. The number of rotatable bonds is 3. The van der Waals surface area contributed by atoms with Gasteiger partial charge in [0.2, 0.25) is 5.91 Å². The van der Waals surface area contributed by atoms with Gasteiger partial charge in [-0.25, -0.2) is 4.79 Å². The Morgan fingerprint density at radius 3 is 2.14 bits per heavy atom. The van der Waals surface area contributed by atoms with Crippen molar-refractivity contribution in [2.45, 2.75) is 37.7 Å². The molecule has 1 saturated heterocycles. The lowest BCUT2D eigenvalue weighted by atomic mass is 9.82. The molecule has 0 aromatic heterocycles. The average Bonchev–Trinajstić information content (AvgIpc) is 2.48. The lowest BCUT2D eigenvalue weighted by Crippen LogP contribution is -2.54. The molecule has 2 N–H and O–H groups in total. The van der Waals surface area contributed by atoms with E-state index in [9.17, 15) is 14.7 Å². The molecule has 0 spiro atoms. The molecular formula is C16H21NO4. The third-order valence-corrected chi connectivity index (χ3v) is 4.31. The van der Waals surface area contributed by atoms with Crippen molar-refractivity contribution in [3.05, 3.63) is 35.9 Å². The van der Waals surface area contributed by atoms with Gasteiger partial charge in [0.15, 0.2) is 5.60 Å². The van der Waals surface area contributed by atoms with Gasteiger partial charge in [-0.1, -0.05) is 30.3 Å². The summed E-state index contributed by atoms with van der Waals surface area (Å²) >= 11 is 0. The number of aliphatic hydroxyl groups is 1. The molecule has 1 aliphatic heterocycles. The second kappa shape index (κ2) is 5.48. The second-order valence-corrected chi connectivity index (χ2v) is 6.12. The summed E-state index contributed by atoms with van der Waals surface area (Å²) in [5.74, 6) is -1.25. The van der Waals surface area contributed by atoms with Crippen molar-refractivity contribution >= 4 is 11.9 Å². The second-order valence-electron chi connectivity index (χ2n) is 6.12. The highest BCUT2D eigenvalue weighted by molar-refractivity contribution is 5.88. The number of carboxylic acids is 1. The maximum atomic E-state index is 12.7. The number of carbonyl (C=O) groups is 2. The van der Waals surface area contributed by atoms with Crippen molar-refractivity contribution in [1.29, 1.82) is 0 Å². The van der Waals surface area contributed by atoms with Crippen LogP contribution in [0.2, 0.25) is 0 Å². The van der Waals surface area contributed by atoms with Gasteiger partial charge >= 0.3 is 5.97 Å². The fraction of sp³-hybridized carbons (Fsp3) is 0.500. The van der Waals surface area contributed by atoms with Crippen molar-refractivity contribution in [2.75, 3.05) is 13.1 Å². The topological polar surface area (TPSA) is 77.8 Å². The molecule has 1 heterocycles. The highest BCUT2D eigenvalue weighted by Gasteiger charge is 2.43. The first-order valence-electron chi connectivity index (χ1n) is 7.08. The summed E-state index contributed by atoms with van der Waals surface area (Å²) in [6.45, 7) is 4.25. The average molecular weight is 291 g/mol. The highest BCUT2D eigenvalue weighted by atomic mass is 16.4. The number of hydrogen-bond acceptors (Lipinski definition) is 3. The lowest BCUT2D eigenvalue weighted by Gasteiger charge is -2.39. The summed E-state index contributed by atoms with van der Waals surface area (Å²) in [4.78, 5) is 25.4. The minimum absolute atomic E-state index is 0.0406. The number of carboxylic acid groups (broad SMARTS) is 1. The van der Waals surface area contributed by atoms with Crippen LogP contribution in [0, 0.1) is 0 Å². The zero-order valence-electron chi connectivity index (χ0n) is 12.4. The molecule has 21 heavy (non-hydrogen) atoms. The number of likely N-dealkylation sites (tertiary alicyclic amines) is 1. The van der Waals surface area contributed by atoms with Gasteiger partial charge < -0.3 is 15.1 Å². The van der Waals surface area contributed by atoms with E-state index in [2.05, 4.69) is 0 Å². The van der Waals surface area contributed by atoms with E-state index in [1.165, 1.54) is 0 Å². The van der Waals surface area contributed by atoms with E-state index in [0.29, 0.717) is 0 Å². The van der Waals surface area contributed by atoms with E-state index >= 15 is 0 Å². The van der Waals surface area contributed by atoms with Crippen LogP contribution in [0.5, 0.6) is 0 Å². The van der Waals surface area contributed by atoms with Crippen LogP contribution in [0.25, 0.3) is 0 Å². The Morgan fingerprint density at radius 2 is 1.67 bits per heavy atom. The summed E-state index contributed by atoms with van der Waals surface area (Å²) in [5, 5.41) is 18.9. The molecule has 0 bridgehead atoms. The summed E-state index contributed by atoms with van der Waals surface area (Å²) in [6, 6.07) is 9.51. The largest absolute Gasteiger partial charge is 0.479 e. The molecule has 1 amide bonds. The van der Waals surface area contributed by atoms with Crippen LogP contribution >= 0.6 is 0 Å². The Morgan fingerprint density at radius 1 is 1.14 bits per heavy atom. The van der Waals surface area contributed by atoms with Gasteiger partial charge in [0.25, 0.3) is 0 Å². The summed E-state index contributed by atoms with van der Waals surface area (Å²) in [6.07, 6.45) is 0.137. The minimum Gasteiger partial charge on any atom is -0.479 e. The van der Waals surface area contributed by atoms with Crippen LogP contribution in [0.4, 0.5) is 0 Å². The number of benzene rings is 1. The molecule has 1 fully saturated rings. The van der Waals surface area contributed by atoms with Gasteiger partial charge in [-0.05, 0) is 19.4 Å².